The van der Waals surface area contributed by atoms with Gasteiger partial charge in [0.15, 0.2) is 0 Å². The van der Waals surface area contributed by atoms with Gasteiger partial charge in [-0.15, -0.1) is 11.3 Å². The van der Waals surface area contributed by atoms with Crippen molar-refractivity contribution in [3.63, 3.8) is 0 Å². The van der Waals surface area contributed by atoms with E-state index >= 15 is 0 Å². The lowest BCUT2D eigenvalue weighted by atomic mass is 10.1. The molecule has 2 aromatic carbocycles. The van der Waals surface area contributed by atoms with Crippen LogP contribution in [0.15, 0.2) is 54.6 Å². The fourth-order valence-corrected chi connectivity index (χ4v) is 4.34. The first kappa shape index (κ1) is 20.9. The van der Waals surface area contributed by atoms with Crippen molar-refractivity contribution in [3.05, 3.63) is 75.6 Å². The van der Waals surface area contributed by atoms with Crippen LogP contribution >= 0.6 is 22.9 Å². The first-order valence-electron chi connectivity index (χ1n) is 9.03. The van der Waals surface area contributed by atoms with E-state index in [1.54, 1.807) is 0 Å². The number of para-hydroxylation sites is 1. The lowest BCUT2D eigenvalue weighted by Gasteiger charge is -2.09. The number of benzene rings is 2. The Labute approximate surface area is 178 Å². The summed E-state index contributed by atoms with van der Waals surface area (Å²) < 4.78 is 11.1. The van der Waals surface area contributed by atoms with Gasteiger partial charge in [-0.2, -0.15) is 0 Å². The van der Waals surface area contributed by atoms with E-state index in [9.17, 15) is 9.59 Å². The molecule has 1 N–H and O–H groups in total. The molecule has 0 fully saturated rings. The predicted octanol–water partition coefficient (Wildman–Crippen LogP) is 5.72. The number of amides is 1. The van der Waals surface area contributed by atoms with Gasteiger partial charge in [0, 0.05) is 0 Å². The minimum atomic E-state index is -0.515. The fraction of sp³-hybridized carbons (Fsp3) is 0.182. The molecule has 0 aliphatic carbocycles. The number of hydrogen-bond donors (Lipinski definition) is 1. The fourth-order valence-electron chi connectivity index (χ4n) is 2.86. The Morgan fingerprint density at radius 2 is 1.79 bits per heavy atom. The molecule has 0 atom stereocenters. The second-order valence-corrected chi connectivity index (χ2v) is 7.81. The molecular formula is C22H20ClNO4S. The number of carbonyl (C=O) groups is 2. The van der Waals surface area contributed by atoms with Crippen molar-refractivity contribution >= 4 is 39.8 Å². The van der Waals surface area contributed by atoms with Gasteiger partial charge in [0.1, 0.15) is 16.5 Å². The highest BCUT2D eigenvalue weighted by molar-refractivity contribution is 7.20. The number of nitrogens with one attached hydrogen (secondary N) is 1. The molecular weight excluding hydrogens is 410 g/mol. The Balaban J connectivity index is 1.73. The first-order chi connectivity index (χ1) is 14.0. The van der Waals surface area contributed by atoms with Gasteiger partial charge in [-0.3, -0.25) is 4.79 Å². The molecule has 1 aromatic heterocycles. The average molecular weight is 430 g/mol. The lowest BCUT2D eigenvalue weighted by Crippen LogP contribution is -2.16. The number of hydrogen-bond acceptors (Lipinski definition) is 5. The number of rotatable bonds is 7. The molecule has 5 nitrogen and oxygen atoms in total. The van der Waals surface area contributed by atoms with E-state index in [1.165, 1.54) is 7.11 Å². The van der Waals surface area contributed by atoms with Gasteiger partial charge in [-0.05, 0) is 41.8 Å². The first-order valence-corrected chi connectivity index (χ1v) is 10.2. The Kier molecular flexibility index (Phi) is 6.90. The van der Waals surface area contributed by atoms with Crippen LogP contribution in [0.5, 0.6) is 11.5 Å². The minimum Gasteiger partial charge on any atom is -0.465 e. The van der Waals surface area contributed by atoms with Crippen molar-refractivity contribution in [3.8, 4) is 11.5 Å². The third kappa shape index (κ3) is 5.16. The molecule has 1 heterocycles. The Morgan fingerprint density at radius 3 is 2.48 bits per heavy atom. The SMILES string of the molecule is CCc1c(Cl)sc(NC(=O)Cc2cccc(Oc3ccccc3)c2)c1C(=O)OC. The summed E-state index contributed by atoms with van der Waals surface area (Å²) in [4.78, 5) is 24.7. The van der Waals surface area contributed by atoms with Gasteiger partial charge in [-0.25, -0.2) is 4.79 Å². The maximum atomic E-state index is 12.6. The summed E-state index contributed by atoms with van der Waals surface area (Å²) >= 11 is 7.40. The second kappa shape index (κ2) is 9.58. The van der Waals surface area contributed by atoms with Crippen molar-refractivity contribution in [2.75, 3.05) is 12.4 Å². The zero-order valence-electron chi connectivity index (χ0n) is 16.0. The third-order valence-corrected chi connectivity index (χ3v) is 5.59. The largest absolute Gasteiger partial charge is 0.465 e. The van der Waals surface area contributed by atoms with Crippen molar-refractivity contribution in [2.24, 2.45) is 0 Å². The van der Waals surface area contributed by atoms with Crippen LogP contribution in [-0.4, -0.2) is 19.0 Å². The van der Waals surface area contributed by atoms with E-state index in [0.29, 0.717) is 32.6 Å². The van der Waals surface area contributed by atoms with Gasteiger partial charge in [0.25, 0.3) is 0 Å². The van der Waals surface area contributed by atoms with E-state index in [2.05, 4.69) is 5.32 Å². The molecule has 0 saturated heterocycles. The smallest absolute Gasteiger partial charge is 0.341 e. The molecule has 0 spiro atoms. The van der Waals surface area contributed by atoms with Crippen LogP contribution in [0, 0.1) is 0 Å². The summed E-state index contributed by atoms with van der Waals surface area (Å²) in [6.45, 7) is 1.89. The molecule has 0 radical (unpaired) electrons. The van der Waals surface area contributed by atoms with Crippen LogP contribution in [0.3, 0.4) is 0 Å². The van der Waals surface area contributed by atoms with Gasteiger partial charge < -0.3 is 14.8 Å². The standard InChI is InChI=1S/C22H20ClNO4S/c1-3-17-19(22(26)27-2)21(29-20(17)23)24-18(25)13-14-8-7-11-16(12-14)28-15-9-5-4-6-10-15/h4-12H,3,13H2,1-2H3,(H,24,25). The summed E-state index contributed by atoms with van der Waals surface area (Å²) in [5.74, 6) is 0.590. The number of methoxy groups -OCH3 is 1. The Morgan fingerprint density at radius 1 is 1.07 bits per heavy atom. The molecule has 1 amide bonds. The van der Waals surface area contributed by atoms with Crippen molar-refractivity contribution in [1.29, 1.82) is 0 Å². The predicted molar refractivity (Wildman–Crippen MR) is 115 cm³/mol. The van der Waals surface area contributed by atoms with Gasteiger partial charge in [0.05, 0.1) is 23.4 Å². The van der Waals surface area contributed by atoms with Crippen LogP contribution in [0.1, 0.15) is 28.4 Å². The average Bonchev–Trinajstić information content (AvgIpc) is 3.03. The number of carbonyl (C=O) groups excluding carboxylic acids is 2. The quantitative estimate of drug-likeness (QED) is 0.487. The van der Waals surface area contributed by atoms with E-state index in [0.717, 1.165) is 22.6 Å². The molecule has 29 heavy (non-hydrogen) atoms. The molecule has 0 bridgehead atoms. The number of ether oxygens (including phenoxy) is 2. The summed E-state index contributed by atoms with van der Waals surface area (Å²) in [6, 6.07) is 16.7. The molecule has 150 valence electrons. The molecule has 0 unspecified atom stereocenters. The van der Waals surface area contributed by atoms with Crippen LogP contribution in [0.4, 0.5) is 5.00 Å². The maximum Gasteiger partial charge on any atom is 0.341 e. The van der Waals surface area contributed by atoms with E-state index in [1.807, 2.05) is 61.5 Å². The summed E-state index contributed by atoms with van der Waals surface area (Å²) in [7, 11) is 1.30. The van der Waals surface area contributed by atoms with E-state index in [-0.39, 0.29) is 12.3 Å². The molecule has 3 aromatic rings. The van der Waals surface area contributed by atoms with Crippen LogP contribution < -0.4 is 10.1 Å². The summed E-state index contributed by atoms with van der Waals surface area (Å²) in [5, 5.41) is 3.20. The minimum absolute atomic E-state index is 0.129. The zero-order chi connectivity index (χ0) is 20.8. The van der Waals surface area contributed by atoms with Crippen LogP contribution in [0.2, 0.25) is 4.34 Å². The van der Waals surface area contributed by atoms with Gasteiger partial charge in [-0.1, -0.05) is 48.9 Å². The monoisotopic (exact) mass is 429 g/mol. The van der Waals surface area contributed by atoms with E-state index in [4.69, 9.17) is 21.1 Å². The number of halogens is 1. The van der Waals surface area contributed by atoms with E-state index < -0.39 is 5.97 Å². The molecule has 7 heteroatoms. The second-order valence-electron chi connectivity index (χ2n) is 6.19. The third-order valence-electron chi connectivity index (χ3n) is 4.20. The molecule has 0 saturated carbocycles. The Bertz CT molecular complexity index is 1020. The zero-order valence-corrected chi connectivity index (χ0v) is 17.6. The maximum absolute atomic E-state index is 12.6. The van der Waals surface area contributed by atoms with Gasteiger partial charge in [0.2, 0.25) is 5.91 Å². The molecule has 0 aliphatic heterocycles. The van der Waals surface area contributed by atoms with Crippen LogP contribution in [-0.2, 0) is 22.4 Å². The van der Waals surface area contributed by atoms with Crippen LogP contribution in [0.25, 0.3) is 0 Å². The topological polar surface area (TPSA) is 64.6 Å². The number of thiophene rings is 1. The number of esters is 1. The summed E-state index contributed by atoms with van der Waals surface area (Å²) in [6.07, 6.45) is 0.693. The van der Waals surface area contributed by atoms with Gasteiger partial charge >= 0.3 is 5.97 Å². The Hall–Kier alpha value is -2.83. The highest BCUT2D eigenvalue weighted by atomic mass is 35.5. The highest BCUT2D eigenvalue weighted by Crippen LogP contribution is 2.38. The number of anilines is 1. The lowest BCUT2D eigenvalue weighted by molar-refractivity contribution is -0.115. The normalized spacial score (nSPS) is 10.4. The highest BCUT2D eigenvalue weighted by Gasteiger charge is 2.24. The van der Waals surface area contributed by atoms with Crippen molar-refractivity contribution in [1.82, 2.24) is 0 Å². The molecule has 0 aliphatic rings. The summed E-state index contributed by atoms with van der Waals surface area (Å²) in [5.41, 5.74) is 1.78. The molecule has 3 rings (SSSR count). The van der Waals surface area contributed by atoms with Crippen molar-refractivity contribution < 1.29 is 19.1 Å². The van der Waals surface area contributed by atoms with Crippen molar-refractivity contribution in [2.45, 2.75) is 19.8 Å².